The van der Waals surface area contributed by atoms with Gasteiger partial charge in [-0.3, -0.25) is 14.5 Å². The fraction of sp³-hybridized carbons (Fsp3) is 0.400. The Balaban J connectivity index is 1.20. The molecule has 5 heterocycles. The van der Waals surface area contributed by atoms with Crippen molar-refractivity contribution in [1.29, 1.82) is 5.26 Å². The van der Waals surface area contributed by atoms with Crippen molar-refractivity contribution in [2.75, 3.05) is 57.3 Å². The predicted octanol–water partition coefficient (Wildman–Crippen LogP) is 3.58. The van der Waals surface area contributed by atoms with Crippen LogP contribution < -0.4 is 4.90 Å². The van der Waals surface area contributed by atoms with Gasteiger partial charge in [-0.2, -0.15) is 5.26 Å². The maximum absolute atomic E-state index is 14.0. The summed E-state index contributed by atoms with van der Waals surface area (Å²) in [4.78, 5) is 38.8. The smallest absolute Gasteiger partial charge is 0.256 e. The van der Waals surface area contributed by atoms with Crippen molar-refractivity contribution in [3.63, 3.8) is 0 Å². The number of amides is 2. The Morgan fingerprint density at radius 3 is 2.50 bits per heavy atom. The summed E-state index contributed by atoms with van der Waals surface area (Å²) < 4.78 is 3.33. The Labute approximate surface area is 242 Å². The summed E-state index contributed by atoms with van der Waals surface area (Å²) in [6, 6.07) is 12.6. The highest BCUT2D eigenvalue weighted by molar-refractivity contribution is 9.10. The number of hydrogen-bond donors (Lipinski definition) is 0. The van der Waals surface area contributed by atoms with Crippen LogP contribution in [-0.4, -0.2) is 94.5 Å². The first-order valence-corrected chi connectivity index (χ1v) is 14.5. The average molecular weight is 603 g/mol. The topological polar surface area (TPSA) is 88.7 Å². The first kappa shape index (κ1) is 26.5. The minimum Gasteiger partial charge on any atom is -0.353 e. The standard InChI is InChI=1S/C30H32BrN7O2/c1-3-28(39)37-18-24(19-37)36-9-8-23(17-36)38-20(2)29(25-14-22(31)5-6-26(25)38)30(40)35-12-10-34(11-13-35)27-7-4-21(15-32)16-33-27/h3-7,14,16,23-24H,1,8-13,17-19H2,2H3. The summed E-state index contributed by atoms with van der Waals surface area (Å²) in [6.07, 6.45) is 3.99. The SMILES string of the molecule is C=CC(=O)N1CC(N2CCC(n3c(C)c(C(=O)N4CCN(c5ccc(C#N)cn5)CC4)c4cc(Br)ccc43)C2)C1. The fourth-order valence-corrected chi connectivity index (χ4v) is 6.76. The molecule has 1 aromatic carbocycles. The highest BCUT2D eigenvalue weighted by Gasteiger charge is 2.39. The first-order chi connectivity index (χ1) is 19.4. The number of carbonyl (C=O) groups excluding carboxylic acids is 2. The molecule has 40 heavy (non-hydrogen) atoms. The first-order valence-electron chi connectivity index (χ1n) is 13.7. The van der Waals surface area contributed by atoms with Crippen LogP contribution in [0.2, 0.25) is 0 Å². The molecule has 10 heteroatoms. The van der Waals surface area contributed by atoms with Crippen LogP contribution in [0, 0.1) is 18.3 Å². The van der Waals surface area contributed by atoms with Gasteiger partial charge in [0.05, 0.1) is 11.1 Å². The quantitative estimate of drug-likeness (QED) is 0.415. The zero-order valence-corrected chi connectivity index (χ0v) is 24.2. The number of benzene rings is 1. The molecule has 0 aliphatic carbocycles. The second kappa shape index (κ2) is 10.7. The van der Waals surface area contributed by atoms with Gasteiger partial charge in [-0.15, -0.1) is 0 Å². The molecule has 9 nitrogen and oxygen atoms in total. The lowest BCUT2D eigenvalue weighted by Crippen LogP contribution is -2.60. The van der Waals surface area contributed by atoms with Gasteiger partial charge in [0.2, 0.25) is 5.91 Å². The molecule has 0 bridgehead atoms. The third-order valence-corrected chi connectivity index (χ3v) is 9.11. The van der Waals surface area contributed by atoms with Crippen molar-refractivity contribution in [2.45, 2.75) is 25.4 Å². The van der Waals surface area contributed by atoms with Crippen LogP contribution in [0.1, 0.15) is 34.1 Å². The van der Waals surface area contributed by atoms with Crippen LogP contribution in [-0.2, 0) is 4.79 Å². The Kier molecular flexibility index (Phi) is 7.11. The van der Waals surface area contributed by atoms with Crippen LogP contribution in [0.5, 0.6) is 0 Å². The Morgan fingerprint density at radius 2 is 1.82 bits per heavy atom. The lowest BCUT2D eigenvalue weighted by Gasteiger charge is -2.43. The van der Waals surface area contributed by atoms with E-state index in [0.717, 1.165) is 65.1 Å². The molecular formula is C30H32BrN7O2. The number of rotatable bonds is 5. The van der Waals surface area contributed by atoms with Gasteiger partial charge in [-0.05, 0) is 49.8 Å². The minimum atomic E-state index is 0.00183. The molecule has 0 radical (unpaired) electrons. The van der Waals surface area contributed by atoms with E-state index in [9.17, 15) is 9.59 Å². The molecule has 1 unspecified atom stereocenters. The van der Waals surface area contributed by atoms with Crippen LogP contribution in [0.15, 0.2) is 53.7 Å². The van der Waals surface area contributed by atoms with Crippen molar-refractivity contribution in [1.82, 2.24) is 24.3 Å². The fourth-order valence-electron chi connectivity index (χ4n) is 6.40. The molecule has 1 atom stereocenters. The van der Waals surface area contributed by atoms with Gasteiger partial charge in [0, 0.05) is 91.7 Å². The molecule has 0 saturated carbocycles. The second-order valence-electron chi connectivity index (χ2n) is 10.8. The van der Waals surface area contributed by atoms with Gasteiger partial charge >= 0.3 is 0 Å². The molecule has 206 valence electrons. The summed E-state index contributed by atoms with van der Waals surface area (Å²) >= 11 is 3.63. The zero-order valence-electron chi connectivity index (χ0n) is 22.6. The summed E-state index contributed by atoms with van der Waals surface area (Å²) in [5.74, 6) is 0.901. The van der Waals surface area contributed by atoms with E-state index in [1.165, 1.54) is 6.08 Å². The van der Waals surface area contributed by atoms with Crippen LogP contribution >= 0.6 is 15.9 Å². The lowest BCUT2D eigenvalue weighted by atomic mass is 10.1. The van der Waals surface area contributed by atoms with Crippen LogP contribution in [0.3, 0.4) is 0 Å². The number of pyridine rings is 1. The van der Waals surface area contributed by atoms with Crippen LogP contribution in [0.4, 0.5) is 5.82 Å². The summed E-state index contributed by atoms with van der Waals surface area (Å²) in [5, 5.41) is 10.0. The molecule has 3 aliphatic heterocycles. The van der Waals surface area contributed by atoms with Crippen molar-refractivity contribution in [2.24, 2.45) is 0 Å². The monoisotopic (exact) mass is 601 g/mol. The molecule has 2 amide bonds. The van der Waals surface area contributed by atoms with Crippen molar-refractivity contribution < 1.29 is 9.59 Å². The third kappa shape index (κ3) is 4.67. The highest BCUT2D eigenvalue weighted by Crippen LogP contribution is 2.36. The maximum Gasteiger partial charge on any atom is 0.256 e. The molecule has 3 aliphatic rings. The van der Waals surface area contributed by atoms with Gasteiger partial charge in [0.1, 0.15) is 11.9 Å². The number of nitrogens with zero attached hydrogens (tertiary/aromatic N) is 7. The van der Waals surface area contributed by atoms with Gasteiger partial charge in [-0.25, -0.2) is 4.98 Å². The molecule has 6 rings (SSSR count). The number of likely N-dealkylation sites (tertiary alicyclic amines) is 2. The number of fused-ring (bicyclic) bond motifs is 1. The van der Waals surface area contributed by atoms with E-state index < -0.39 is 0 Å². The van der Waals surface area contributed by atoms with Gasteiger partial charge in [-0.1, -0.05) is 22.5 Å². The molecule has 2 aromatic heterocycles. The van der Waals surface area contributed by atoms with Crippen molar-refractivity contribution in [3.05, 3.63) is 70.5 Å². The van der Waals surface area contributed by atoms with Crippen LogP contribution in [0.25, 0.3) is 10.9 Å². The molecule has 0 spiro atoms. The van der Waals surface area contributed by atoms with E-state index in [0.29, 0.717) is 37.8 Å². The number of halogens is 1. The molecular weight excluding hydrogens is 570 g/mol. The Hall–Kier alpha value is -3.68. The average Bonchev–Trinajstić information content (AvgIpc) is 3.53. The third-order valence-electron chi connectivity index (χ3n) is 8.62. The maximum atomic E-state index is 14.0. The molecule has 3 fully saturated rings. The van der Waals surface area contributed by atoms with Crippen molar-refractivity contribution in [3.8, 4) is 6.07 Å². The van der Waals surface area contributed by atoms with Gasteiger partial charge < -0.3 is 19.3 Å². The number of aromatic nitrogens is 2. The summed E-state index contributed by atoms with van der Waals surface area (Å²) in [5.41, 5.74) is 3.43. The number of piperazine rings is 1. The molecule has 0 N–H and O–H groups in total. The second-order valence-corrected chi connectivity index (χ2v) is 11.7. The number of anilines is 1. The lowest BCUT2D eigenvalue weighted by molar-refractivity contribution is -0.132. The van der Waals surface area contributed by atoms with E-state index in [1.54, 1.807) is 12.3 Å². The number of nitriles is 1. The normalized spacial score (nSPS) is 20.0. The van der Waals surface area contributed by atoms with Crippen molar-refractivity contribution >= 4 is 44.5 Å². The van der Waals surface area contributed by atoms with Gasteiger partial charge in [0.15, 0.2) is 0 Å². The Bertz CT molecular complexity index is 1510. The van der Waals surface area contributed by atoms with E-state index >= 15 is 0 Å². The summed E-state index contributed by atoms with van der Waals surface area (Å²) in [6.45, 7) is 11.7. The summed E-state index contributed by atoms with van der Waals surface area (Å²) in [7, 11) is 0. The molecule has 3 saturated heterocycles. The van der Waals surface area contributed by atoms with E-state index in [4.69, 9.17) is 5.26 Å². The predicted molar refractivity (Wildman–Crippen MR) is 157 cm³/mol. The van der Waals surface area contributed by atoms with E-state index in [-0.39, 0.29) is 17.9 Å². The highest BCUT2D eigenvalue weighted by atomic mass is 79.9. The Morgan fingerprint density at radius 1 is 1.05 bits per heavy atom. The minimum absolute atomic E-state index is 0.00183. The largest absolute Gasteiger partial charge is 0.353 e. The molecule has 3 aromatic rings. The van der Waals surface area contributed by atoms with E-state index in [1.807, 2.05) is 21.9 Å². The van der Waals surface area contributed by atoms with Gasteiger partial charge in [0.25, 0.3) is 5.91 Å². The zero-order chi connectivity index (χ0) is 28.0. The van der Waals surface area contributed by atoms with E-state index in [2.05, 4.69) is 67.0 Å². The number of carbonyl (C=O) groups is 2. The number of hydrogen-bond acceptors (Lipinski definition) is 6.